The van der Waals surface area contributed by atoms with Gasteiger partial charge in [0, 0.05) is 0 Å². The van der Waals surface area contributed by atoms with Crippen molar-refractivity contribution in [3.8, 4) is 0 Å². The minimum atomic E-state index is -5.09. The second-order valence-corrected chi connectivity index (χ2v) is 10.5. The maximum atomic E-state index is 13.4. The van der Waals surface area contributed by atoms with Crippen molar-refractivity contribution in [2.24, 2.45) is 0 Å². The maximum Gasteiger partial charge on any atom is 0.416 e. The Morgan fingerprint density at radius 2 is 1.06 bits per heavy atom. The van der Waals surface area contributed by atoms with Gasteiger partial charge in [0.15, 0.2) is 0 Å². The number of anilines is 1. The van der Waals surface area contributed by atoms with Crippen LogP contribution in [0.1, 0.15) is 87.1 Å². The van der Waals surface area contributed by atoms with Gasteiger partial charge in [0.2, 0.25) is 0 Å². The summed E-state index contributed by atoms with van der Waals surface area (Å²) >= 11 is 0. The molecular weight excluding hydrogens is 468 g/mol. The summed E-state index contributed by atoms with van der Waals surface area (Å²) in [4.78, 5) is -0.122. The Balaban J connectivity index is 2.76. The quantitative estimate of drug-likeness (QED) is 0.414. The molecule has 0 unspecified atom stereocenters. The number of hydrogen-bond acceptors (Lipinski definition) is 2. The lowest BCUT2D eigenvalue weighted by Gasteiger charge is -2.23. The first kappa shape index (κ1) is 27.0. The molecule has 0 heterocycles. The lowest BCUT2D eigenvalue weighted by atomic mass is 9.89. The molecule has 184 valence electrons. The SMILES string of the molecule is CC(C)c1cc(C(C)C)c(S(=O)(=O)Nc2cc(C(F)(F)F)cc(C(F)(F)F)c2)c(C(C)C)c1. The molecule has 0 aromatic heterocycles. The lowest BCUT2D eigenvalue weighted by Crippen LogP contribution is -2.20. The number of sulfonamides is 1. The van der Waals surface area contributed by atoms with Crippen molar-refractivity contribution in [1.82, 2.24) is 0 Å². The van der Waals surface area contributed by atoms with E-state index < -0.39 is 39.2 Å². The van der Waals surface area contributed by atoms with Crippen LogP contribution in [0.5, 0.6) is 0 Å². The number of alkyl halides is 6. The molecule has 2 aromatic rings. The third kappa shape index (κ3) is 6.22. The average Bonchev–Trinajstić information content (AvgIpc) is 2.64. The van der Waals surface area contributed by atoms with Crippen LogP contribution in [0.2, 0.25) is 0 Å². The minimum Gasteiger partial charge on any atom is -0.280 e. The van der Waals surface area contributed by atoms with Crippen molar-refractivity contribution in [3.05, 3.63) is 58.1 Å². The van der Waals surface area contributed by atoms with Crippen LogP contribution in [0.25, 0.3) is 0 Å². The normalized spacial score (nSPS) is 13.3. The Morgan fingerprint density at radius 3 is 1.36 bits per heavy atom. The number of benzene rings is 2. The zero-order valence-electron chi connectivity index (χ0n) is 19.1. The second kappa shape index (κ2) is 9.19. The Kier molecular flexibility index (Phi) is 7.53. The molecule has 0 fully saturated rings. The summed E-state index contributed by atoms with van der Waals surface area (Å²) in [5.41, 5.74) is -2.23. The van der Waals surface area contributed by atoms with Gasteiger partial charge >= 0.3 is 12.4 Å². The van der Waals surface area contributed by atoms with E-state index in [1.54, 1.807) is 39.8 Å². The molecule has 10 heteroatoms. The number of halogens is 6. The van der Waals surface area contributed by atoms with Crippen LogP contribution in [-0.2, 0) is 22.4 Å². The molecule has 0 aliphatic carbocycles. The fourth-order valence-electron chi connectivity index (χ4n) is 3.42. The third-order valence-corrected chi connectivity index (χ3v) is 6.70. The Labute approximate surface area is 190 Å². The van der Waals surface area contributed by atoms with Crippen LogP contribution in [-0.4, -0.2) is 8.42 Å². The van der Waals surface area contributed by atoms with E-state index in [9.17, 15) is 34.8 Å². The van der Waals surface area contributed by atoms with Crippen molar-refractivity contribution in [2.75, 3.05) is 4.72 Å². The largest absolute Gasteiger partial charge is 0.416 e. The van der Waals surface area contributed by atoms with E-state index in [1.807, 2.05) is 18.6 Å². The predicted molar refractivity (Wildman–Crippen MR) is 116 cm³/mol. The highest BCUT2D eigenvalue weighted by Gasteiger charge is 2.37. The first-order valence-corrected chi connectivity index (χ1v) is 11.8. The highest BCUT2D eigenvalue weighted by molar-refractivity contribution is 7.92. The van der Waals surface area contributed by atoms with Crippen LogP contribution < -0.4 is 4.72 Å². The first-order chi connectivity index (χ1) is 14.8. The highest BCUT2D eigenvalue weighted by Crippen LogP contribution is 2.39. The number of rotatable bonds is 6. The summed E-state index contributed by atoms with van der Waals surface area (Å²) in [6, 6.07) is 4.12. The van der Waals surface area contributed by atoms with Gasteiger partial charge in [-0.15, -0.1) is 0 Å². The molecule has 0 aliphatic rings. The Bertz CT molecular complexity index is 1060. The summed E-state index contributed by atoms with van der Waals surface area (Å²) < 4.78 is 108. The lowest BCUT2D eigenvalue weighted by molar-refractivity contribution is -0.143. The van der Waals surface area contributed by atoms with Gasteiger partial charge in [0.25, 0.3) is 10.0 Å². The molecule has 0 atom stereocenters. The highest BCUT2D eigenvalue weighted by atomic mass is 32.2. The molecule has 2 rings (SSSR count). The zero-order chi connectivity index (χ0) is 25.5. The minimum absolute atomic E-state index is 0.0473. The fourth-order valence-corrected chi connectivity index (χ4v) is 5.16. The molecule has 0 bridgehead atoms. The third-order valence-electron chi connectivity index (χ3n) is 5.19. The van der Waals surface area contributed by atoms with Crippen molar-refractivity contribution in [1.29, 1.82) is 0 Å². The van der Waals surface area contributed by atoms with E-state index in [4.69, 9.17) is 0 Å². The molecule has 0 saturated heterocycles. The van der Waals surface area contributed by atoms with Crippen molar-refractivity contribution in [3.63, 3.8) is 0 Å². The first-order valence-electron chi connectivity index (χ1n) is 10.3. The van der Waals surface area contributed by atoms with Crippen molar-refractivity contribution < 1.29 is 34.8 Å². The van der Waals surface area contributed by atoms with E-state index in [0.717, 1.165) is 5.56 Å². The average molecular weight is 496 g/mol. The van der Waals surface area contributed by atoms with E-state index in [0.29, 0.717) is 23.3 Å². The molecular formula is C23H27F6NO2S. The molecule has 0 spiro atoms. The molecule has 2 aromatic carbocycles. The molecule has 0 amide bonds. The molecule has 33 heavy (non-hydrogen) atoms. The van der Waals surface area contributed by atoms with Crippen LogP contribution in [0, 0.1) is 0 Å². The summed E-state index contributed by atoms with van der Waals surface area (Å²) in [5.74, 6) is -0.442. The second-order valence-electron chi connectivity index (χ2n) is 8.89. The van der Waals surface area contributed by atoms with E-state index in [2.05, 4.69) is 0 Å². The molecule has 0 saturated carbocycles. The Morgan fingerprint density at radius 1 is 0.667 bits per heavy atom. The van der Waals surface area contributed by atoms with Gasteiger partial charge in [0.05, 0.1) is 21.7 Å². The molecule has 0 radical (unpaired) electrons. The van der Waals surface area contributed by atoms with E-state index in [-0.39, 0.29) is 28.7 Å². The van der Waals surface area contributed by atoms with Gasteiger partial charge in [-0.2, -0.15) is 26.3 Å². The standard InChI is InChI=1S/C23H27F6NO2S/c1-12(2)15-7-19(13(3)4)21(20(8-15)14(5)6)33(31,32)30-18-10-16(22(24,25)26)9-17(11-18)23(27,28)29/h7-14,30H,1-6H3. The topological polar surface area (TPSA) is 46.2 Å². The van der Waals surface area contributed by atoms with Crippen LogP contribution >= 0.6 is 0 Å². The number of hydrogen-bond donors (Lipinski definition) is 1. The molecule has 3 nitrogen and oxygen atoms in total. The van der Waals surface area contributed by atoms with Crippen LogP contribution in [0.3, 0.4) is 0 Å². The van der Waals surface area contributed by atoms with Gasteiger partial charge in [0.1, 0.15) is 0 Å². The van der Waals surface area contributed by atoms with Gasteiger partial charge in [-0.25, -0.2) is 8.42 Å². The van der Waals surface area contributed by atoms with Gasteiger partial charge in [-0.05, 0) is 52.6 Å². The maximum absolute atomic E-state index is 13.4. The van der Waals surface area contributed by atoms with Crippen molar-refractivity contribution >= 4 is 15.7 Å². The summed E-state index contributed by atoms with van der Waals surface area (Å²) in [6.07, 6.45) is -10.2. The van der Waals surface area contributed by atoms with Crippen LogP contribution in [0.4, 0.5) is 32.0 Å². The predicted octanol–water partition coefficient (Wildman–Crippen LogP) is 7.90. The fraction of sp³-hybridized carbons (Fsp3) is 0.478. The van der Waals surface area contributed by atoms with Gasteiger partial charge in [-0.1, -0.05) is 53.7 Å². The number of nitrogens with one attached hydrogen (secondary N) is 1. The summed E-state index contributed by atoms with van der Waals surface area (Å²) in [6.45, 7) is 11.0. The summed E-state index contributed by atoms with van der Waals surface area (Å²) in [7, 11) is -4.52. The van der Waals surface area contributed by atoms with Crippen LogP contribution in [0.15, 0.2) is 35.2 Å². The van der Waals surface area contributed by atoms with E-state index >= 15 is 0 Å². The summed E-state index contributed by atoms with van der Waals surface area (Å²) in [5, 5.41) is 0. The van der Waals surface area contributed by atoms with Crippen molar-refractivity contribution in [2.45, 2.75) is 76.5 Å². The monoisotopic (exact) mass is 495 g/mol. The smallest absolute Gasteiger partial charge is 0.280 e. The van der Waals surface area contributed by atoms with Gasteiger partial charge < -0.3 is 0 Å². The Hall–Kier alpha value is -2.23. The molecule has 1 N–H and O–H groups in total. The molecule has 0 aliphatic heterocycles. The van der Waals surface area contributed by atoms with E-state index in [1.165, 1.54) is 0 Å². The zero-order valence-corrected chi connectivity index (χ0v) is 19.9. The van der Waals surface area contributed by atoms with Gasteiger partial charge in [-0.3, -0.25) is 4.72 Å².